The van der Waals surface area contributed by atoms with Crippen molar-refractivity contribution in [2.24, 2.45) is 0 Å². The Bertz CT molecular complexity index is 1230. The van der Waals surface area contributed by atoms with E-state index in [9.17, 15) is 18.6 Å². The molecule has 0 fully saturated rings. The van der Waals surface area contributed by atoms with Crippen molar-refractivity contribution in [2.75, 3.05) is 0 Å². The van der Waals surface area contributed by atoms with Crippen LogP contribution in [0.4, 0.5) is 0 Å². The van der Waals surface area contributed by atoms with Gasteiger partial charge in [-0.2, -0.15) is 0 Å². The lowest BCUT2D eigenvalue weighted by molar-refractivity contribution is 0.0994. The Morgan fingerprint density at radius 2 is 1.24 bits per heavy atom. The minimum Gasteiger partial charge on any atom is -0.289 e. The first kappa shape index (κ1) is 19.2. The molecule has 0 bridgehead atoms. The van der Waals surface area contributed by atoms with Gasteiger partial charge < -0.3 is 0 Å². The Kier molecular flexibility index (Phi) is 5.38. The number of hydrogen-bond donors (Lipinski definition) is 0. The Morgan fingerprint density at radius 3 is 1.86 bits per heavy atom. The van der Waals surface area contributed by atoms with Crippen LogP contribution < -0.4 is 5.43 Å². The molecule has 0 aromatic heterocycles. The van der Waals surface area contributed by atoms with Crippen LogP contribution in [0.15, 0.2) is 109 Å². The third kappa shape index (κ3) is 3.90. The Balaban J connectivity index is 1.97. The minimum atomic E-state index is -1.80. The standard InChI is InChI=1S/C23H14O4S2/c24-19-11-12-20(25)18-14-22(29(27)16-9-5-2-6-10-16)23(26)21(13-17(18)19)28-15-7-3-1-4-8-15/h1-14H. The van der Waals surface area contributed by atoms with Crippen LogP contribution in [0.25, 0.3) is 0 Å². The molecule has 0 radical (unpaired) electrons. The molecule has 0 saturated heterocycles. The summed E-state index contributed by atoms with van der Waals surface area (Å²) in [5, 5.41) is 0. The van der Waals surface area contributed by atoms with E-state index in [2.05, 4.69) is 0 Å². The Morgan fingerprint density at radius 1 is 0.690 bits per heavy atom. The second-order valence-electron chi connectivity index (χ2n) is 6.23. The molecular formula is C23H14O4S2. The number of benzene rings is 2. The SMILES string of the molecule is O=C1C=CC(=O)c2cc(S(=O)c3ccccc3)c(=O)c(Sc3ccccc3)cc21. The van der Waals surface area contributed by atoms with E-state index in [1.54, 1.807) is 30.3 Å². The van der Waals surface area contributed by atoms with Gasteiger partial charge in [0.2, 0.25) is 5.43 Å². The summed E-state index contributed by atoms with van der Waals surface area (Å²) < 4.78 is 13.2. The molecule has 1 aliphatic rings. The highest BCUT2D eigenvalue weighted by atomic mass is 32.2. The number of fused-ring (bicyclic) bond motifs is 1. The van der Waals surface area contributed by atoms with E-state index in [1.165, 1.54) is 36.0 Å². The van der Waals surface area contributed by atoms with Crippen LogP contribution in [0.2, 0.25) is 0 Å². The highest BCUT2D eigenvalue weighted by molar-refractivity contribution is 7.99. The van der Waals surface area contributed by atoms with E-state index in [-0.39, 0.29) is 26.7 Å². The zero-order chi connectivity index (χ0) is 20.4. The molecule has 0 saturated carbocycles. The Hall–Kier alpha value is -3.09. The highest BCUT2D eigenvalue weighted by Gasteiger charge is 2.24. The van der Waals surface area contributed by atoms with Crippen LogP contribution in [0.5, 0.6) is 0 Å². The van der Waals surface area contributed by atoms with E-state index in [4.69, 9.17) is 0 Å². The van der Waals surface area contributed by atoms with E-state index in [0.29, 0.717) is 4.90 Å². The number of hydrogen-bond acceptors (Lipinski definition) is 5. The summed E-state index contributed by atoms with van der Waals surface area (Å²) in [5.41, 5.74) is -0.228. The molecule has 0 spiro atoms. The average molecular weight is 418 g/mol. The molecule has 1 unspecified atom stereocenters. The predicted molar refractivity (Wildman–Crippen MR) is 112 cm³/mol. The minimum absolute atomic E-state index is 0.0210. The first-order valence-corrected chi connectivity index (χ1v) is 10.7. The van der Waals surface area contributed by atoms with Crippen LogP contribution in [-0.4, -0.2) is 15.8 Å². The van der Waals surface area contributed by atoms with Gasteiger partial charge in [0.05, 0.1) is 20.6 Å². The largest absolute Gasteiger partial charge is 0.289 e. The van der Waals surface area contributed by atoms with Crippen LogP contribution in [0.3, 0.4) is 0 Å². The summed E-state index contributed by atoms with van der Waals surface area (Å²) in [6.45, 7) is 0. The van der Waals surface area contributed by atoms with Crippen LogP contribution in [-0.2, 0) is 10.8 Å². The summed E-state index contributed by atoms with van der Waals surface area (Å²) in [5.74, 6) is -0.751. The summed E-state index contributed by atoms with van der Waals surface area (Å²) in [7, 11) is -1.80. The van der Waals surface area contributed by atoms with Gasteiger partial charge in [0.15, 0.2) is 11.6 Å². The first-order chi connectivity index (χ1) is 14.0. The lowest BCUT2D eigenvalue weighted by Gasteiger charge is -2.06. The smallest absolute Gasteiger partial charge is 0.208 e. The van der Waals surface area contributed by atoms with Crippen molar-refractivity contribution in [1.82, 2.24) is 0 Å². The summed E-state index contributed by atoms with van der Waals surface area (Å²) >= 11 is 1.18. The molecule has 0 amide bonds. The van der Waals surface area contributed by atoms with E-state index >= 15 is 0 Å². The van der Waals surface area contributed by atoms with Gasteiger partial charge in [0.25, 0.3) is 0 Å². The fourth-order valence-corrected chi connectivity index (χ4v) is 5.06. The quantitative estimate of drug-likeness (QED) is 0.632. The molecule has 29 heavy (non-hydrogen) atoms. The zero-order valence-electron chi connectivity index (χ0n) is 15.0. The van der Waals surface area contributed by atoms with Crippen molar-refractivity contribution in [3.63, 3.8) is 0 Å². The van der Waals surface area contributed by atoms with E-state index in [0.717, 1.165) is 4.90 Å². The van der Waals surface area contributed by atoms with Crippen molar-refractivity contribution in [3.8, 4) is 0 Å². The fraction of sp³-hybridized carbons (Fsp3) is 0. The number of carbonyl (C=O) groups excluding carboxylic acids is 2. The molecule has 1 aliphatic carbocycles. The number of rotatable bonds is 4. The first-order valence-electron chi connectivity index (χ1n) is 8.73. The van der Waals surface area contributed by atoms with Gasteiger partial charge in [-0.15, -0.1) is 0 Å². The molecule has 142 valence electrons. The number of ketones is 2. The van der Waals surface area contributed by atoms with E-state index < -0.39 is 22.0 Å². The van der Waals surface area contributed by atoms with Crippen molar-refractivity contribution in [1.29, 1.82) is 0 Å². The molecule has 6 heteroatoms. The highest BCUT2D eigenvalue weighted by Crippen LogP contribution is 2.29. The van der Waals surface area contributed by atoms with Crippen molar-refractivity contribution < 1.29 is 13.8 Å². The predicted octanol–water partition coefficient (Wildman–Crippen LogP) is 4.30. The summed E-state index contributed by atoms with van der Waals surface area (Å²) in [4.78, 5) is 39.6. The third-order valence-corrected chi connectivity index (χ3v) is 6.77. The van der Waals surface area contributed by atoms with Gasteiger partial charge in [0, 0.05) is 20.9 Å². The second-order valence-corrected chi connectivity index (χ2v) is 8.80. The maximum absolute atomic E-state index is 13.3. The lowest BCUT2D eigenvalue weighted by atomic mass is 9.97. The van der Waals surface area contributed by atoms with Gasteiger partial charge in [-0.1, -0.05) is 48.2 Å². The molecule has 4 rings (SSSR count). The van der Waals surface area contributed by atoms with Gasteiger partial charge in [-0.25, -0.2) is 4.21 Å². The number of allylic oxidation sites excluding steroid dienone is 2. The molecule has 0 N–H and O–H groups in total. The van der Waals surface area contributed by atoms with Gasteiger partial charge in [-0.05, 0) is 48.6 Å². The summed E-state index contributed by atoms with van der Waals surface area (Å²) in [6.07, 6.45) is 2.37. The lowest BCUT2D eigenvalue weighted by Crippen LogP contribution is -2.11. The number of carbonyl (C=O) groups is 2. The fourth-order valence-electron chi connectivity index (χ4n) is 2.91. The maximum Gasteiger partial charge on any atom is 0.208 e. The molecule has 3 aromatic rings. The zero-order valence-corrected chi connectivity index (χ0v) is 16.7. The second kappa shape index (κ2) is 8.11. The van der Waals surface area contributed by atoms with Crippen molar-refractivity contribution in [3.05, 3.63) is 106 Å². The Labute approximate surface area is 173 Å². The maximum atomic E-state index is 13.3. The van der Waals surface area contributed by atoms with Crippen molar-refractivity contribution in [2.45, 2.75) is 19.6 Å². The molecule has 0 aliphatic heterocycles. The monoisotopic (exact) mass is 418 g/mol. The summed E-state index contributed by atoms with van der Waals surface area (Å²) in [6, 6.07) is 20.5. The molecule has 3 aromatic carbocycles. The van der Waals surface area contributed by atoms with Gasteiger partial charge in [0.1, 0.15) is 0 Å². The topological polar surface area (TPSA) is 68.3 Å². The molecule has 0 heterocycles. The molecule has 4 nitrogen and oxygen atoms in total. The third-order valence-electron chi connectivity index (χ3n) is 4.33. The van der Waals surface area contributed by atoms with E-state index in [1.807, 2.05) is 30.3 Å². The molecule has 1 atom stereocenters. The van der Waals surface area contributed by atoms with Gasteiger partial charge >= 0.3 is 0 Å². The van der Waals surface area contributed by atoms with Crippen LogP contribution in [0, 0.1) is 0 Å². The van der Waals surface area contributed by atoms with Gasteiger partial charge in [-0.3, -0.25) is 14.4 Å². The average Bonchev–Trinajstić information content (AvgIpc) is 2.90. The normalized spacial score (nSPS) is 13.8. The van der Waals surface area contributed by atoms with Crippen LogP contribution in [0.1, 0.15) is 20.7 Å². The van der Waals surface area contributed by atoms with Crippen molar-refractivity contribution >= 4 is 34.1 Å². The van der Waals surface area contributed by atoms with Crippen LogP contribution >= 0.6 is 11.8 Å². The molecular weight excluding hydrogens is 404 g/mol.